The molecule has 0 fully saturated rings. The number of aromatic carboxylic acids is 1. The first-order chi connectivity index (χ1) is 8.34. The molecule has 0 saturated heterocycles. The van der Waals surface area contributed by atoms with Crippen LogP contribution >= 0.6 is 0 Å². The van der Waals surface area contributed by atoms with E-state index in [0.29, 0.717) is 18.4 Å². The lowest BCUT2D eigenvalue weighted by Crippen LogP contribution is -2.21. The Kier molecular flexibility index (Phi) is 4.51. The highest BCUT2D eigenvalue weighted by atomic mass is 32.2. The van der Waals surface area contributed by atoms with Gasteiger partial charge >= 0.3 is 5.97 Å². The van der Waals surface area contributed by atoms with Crippen LogP contribution in [0.4, 0.5) is 0 Å². The van der Waals surface area contributed by atoms with Crippen LogP contribution in [0.25, 0.3) is 0 Å². The number of hydrogen-bond acceptors (Lipinski definition) is 3. The zero-order valence-corrected chi connectivity index (χ0v) is 11.6. The van der Waals surface area contributed by atoms with Gasteiger partial charge in [0.25, 0.3) is 0 Å². The van der Waals surface area contributed by atoms with Crippen molar-refractivity contribution >= 4 is 15.8 Å². The molecule has 1 aromatic rings. The molecular formula is C13H18O4S. The van der Waals surface area contributed by atoms with Crippen molar-refractivity contribution in [1.29, 1.82) is 0 Å². The van der Waals surface area contributed by atoms with Crippen LogP contribution in [0.5, 0.6) is 0 Å². The maximum atomic E-state index is 12.4. The molecule has 0 aliphatic rings. The average Bonchev–Trinajstić information content (AvgIpc) is 2.30. The molecule has 0 saturated carbocycles. The van der Waals surface area contributed by atoms with Crippen LogP contribution in [0.15, 0.2) is 23.1 Å². The van der Waals surface area contributed by atoms with Gasteiger partial charge in [-0.15, -0.1) is 0 Å². The van der Waals surface area contributed by atoms with E-state index in [2.05, 4.69) is 0 Å². The predicted octanol–water partition coefficient (Wildman–Crippen LogP) is 2.66. The van der Waals surface area contributed by atoms with Crippen LogP contribution < -0.4 is 0 Å². The van der Waals surface area contributed by atoms with Gasteiger partial charge in [-0.05, 0) is 37.5 Å². The van der Waals surface area contributed by atoms with Crippen LogP contribution in [0, 0.1) is 6.92 Å². The van der Waals surface area contributed by atoms with E-state index < -0.39 is 21.1 Å². The molecule has 0 spiro atoms. The third kappa shape index (κ3) is 2.72. The van der Waals surface area contributed by atoms with E-state index in [9.17, 15) is 13.2 Å². The van der Waals surface area contributed by atoms with Gasteiger partial charge in [0.1, 0.15) is 0 Å². The lowest BCUT2D eigenvalue weighted by atomic mass is 10.1. The van der Waals surface area contributed by atoms with Crippen molar-refractivity contribution in [2.45, 2.75) is 43.8 Å². The molecule has 0 aliphatic heterocycles. The van der Waals surface area contributed by atoms with Gasteiger partial charge in [0.05, 0.1) is 15.7 Å². The maximum absolute atomic E-state index is 12.4. The quantitative estimate of drug-likeness (QED) is 0.892. The van der Waals surface area contributed by atoms with Gasteiger partial charge in [0.2, 0.25) is 0 Å². The van der Waals surface area contributed by atoms with E-state index in [1.54, 1.807) is 13.0 Å². The average molecular weight is 270 g/mol. The molecule has 4 nitrogen and oxygen atoms in total. The summed E-state index contributed by atoms with van der Waals surface area (Å²) < 4.78 is 24.8. The maximum Gasteiger partial charge on any atom is 0.335 e. The van der Waals surface area contributed by atoms with Crippen LogP contribution in [0.3, 0.4) is 0 Å². The summed E-state index contributed by atoms with van der Waals surface area (Å²) in [5.41, 5.74) is 0.594. The van der Waals surface area contributed by atoms with E-state index in [1.165, 1.54) is 12.1 Å². The predicted molar refractivity (Wildman–Crippen MR) is 69.7 cm³/mol. The molecule has 0 amide bonds. The number of carboxylic acids is 1. The second-order valence-corrected chi connectivity index (χ2v) is 6.47. The van der Waals surface area contributed by atoms with Crippen LogP contribution in [-0.2, 0) is 9.84 Å². The number of aryl methyl sites for hydroxylation is 1. The molecule has 0 bridgehead atoms. The van der Waals surface area contributed by atoms with E-state index >= 15 is 0 Å². The number of rotatable bonds is 5. The number of carbonyl (C=O) groups is 1. The van der Waals surface area contributed by atoms with Crippen LogP contribution in [-0.4, -0.2) is 24.7 Å². The van der Waals surface area contributed by atoms with Gasteiger partial charge in [-0.25, -0.2) is 13.2 Å². The molecule has 0 aliphatic carbocycles. The molecule has 0 unspecified atom stereocenters. The SMILES string of the molecule is CCC(CC)S(=O)(=O)c1cc(C(=O)O)ccc1C. The zero-order valence-electron chi connectivity index (χ0n) is 10.8. The second kappa shape index (κ2) is 5.52. The number of hydrogen-bond donors (Lipinski definition) is 1. The zero-order chi connectivity index (χ0) is 13.9. The lowest BCUT2D eigenvalue weighted by molar-refractivity contribution is 0.0696. The molecule has 100 valence electrons. The molecular weight excluding hydrogens is 252 g/mol. The summed E-state index contributed by atoms with van der Waals surface area (Å²) in [5.74, 6) is -1.11. The molecule has 5 heteroatoms. The smallest absolute Gasteiger partial charge is 0.335 e. The normalized spacial score (nSPS) is 11.8. The van der Waals surface area contributed by atoms with Crippen molar-refractivity contribution < 1.29 is 18.3 Å². The number of carboxylic acid groups (broad SMARTS) is 1. The Hall–Kier alpha value is -1.36. The number of benzene rings is 1. The Balaban J connectivity index is 3.40. The monoisotopic (exact) mass is 270 g/mol. The Morgan fingerprint density at radius 2 is 1.83 bits per heavy atom. The van der Waals surface area contributed by atoms with E-state index in [-0.39, 0.29) is 10.5 Å². The van der Waals surface area contributed by atoms with Gasteiger partial charge < -0.3 is 5.11 Å². The summed E-state index contributed by atoms with van der Waals surface area (Å²) in [6, 6.07) is 4.22. The molecule has 1 rings (SSSR count). The Bertz CT molecular complexity index is 542. The van der Waals surface area contributed by atoms with Crippen molar-refractivity contribution in [3.8, 4) is 0 Å². The third-order valence-corrected chi connectivity index (χ3v) is 5.69. The molecule has 1 N–H and O–H groups in total. The molecule has 18 heavy (non-hydrogen) atoms. The topological polar surface area (TPSA) is 71.4 Å². The fourth-order valence-corrected chi connectivity index (χ4v) is 3.99. The van der Waals surface area contributed by atoms with Crippen LogP contribution in [0.1, 0.15) is 42.6 Å². The van der Waals surface area contributed by atoms with Gasteiger partial charge in [0, 0.05) is 0 Å². The number of sulfone groups is 1. The van der Waals surface area contributed by atoms with Crippen molar-refractivity contribution in [3.05, 3.63) is 29.3 Å². The first-order valence-corrected chi connectivity index (χ1v) is 7.47. The fourth-order valence-electron chi connectivity index (χ4n) is 1.95. The van der Waals surface area contributed by atoms with E-state index in [0.717, 1.165) is 0 Å². The molecule has 0 radical (unpaired) electrons. The first kappa shape index (κ1) is 14.7. The van der Waals surface area contributed by atoms with E-state index in [1.807, 2.05) is 13.8 Å². The molecule has 1 aromatic carbocycles. The van der Waals surface area contributed by atoms with Crippen LogP contribution in [0.2, 0.25) is 0 Å². The van der Waals surface area contributed by atoms with Crippen molar-refractivity contribution in [3.63, 3.8) is 0 Å². The Morgan fingerprint density at radius 3 is 2.28 bits per heavy atom. The van der Waals surface area contributed by atoms with Gasteiger partial charge in [0.15, 0.2) is 9.84 Å². The molecule has 0 heterocycles. The summed E-state index contributed by atoms with van der Waals surface area (Å²) in [6.07, 6.45) is 1.05. The minimum Gasteiger partial charge on any atom is -0.478 e. The van der Waals surface area contributed by atoms with Crippen molar-refractivity contribution in [1.82, 2.24) is 0 Å². The first-order valence-electron chi connectivity index (χ1n) is 5.92. The highest BCUT2D eigenvalue weighted by Gasteiger charge is 2.26. The van der Waals surface area contributed by atoms with E-state index in [4.69, 9.17) is 5.11 Å². The standard InChI is InChI=1S/C13H18O4S/c1-4-11(5-2)18(16,17)12-8-10(13(14)15)7-6-9(12)3/h6-8,11H,4-5H2,1-3H3,(H,14,15). The summed E-state index contributed by atoms with van der Waals surface area (Å²) in [4.78, 5) is 11.0. The third-order valence-electron chi connectivity index (χ3n) is 3.09. The van der Waals surface area contributed by atoms with Gasteiger partial charge in [-0.3, -0.25) is 0 Å². The van der Waals surface area contributed by atoms with Crippen molar-refractivity contribution in [2.75, 3.05) is 0 Å². The Labute approximate surface area is 108 Å². The van der Waals surface area contributed by atoms with Gasteiger partial charge in [-0.2, -0.15) is 0 Å². The summed E-state index contributed by atoms with van der Waals surface area (Å²) >= 11 is 0. The fraction of sp³-hybridized carbons (Fsp3) is 0.462. The minimum absolute atomic E-state index is 0.00475. The highest BCUT2D eigenvalue weighted by Crippen LogP contribution is 2.24. The lowest BCUT2D eigenvalue weighted by Gasteiger charge is -2.16. The largest absolute Gasteiger partial charge is 0.478 e. The summed E-state index contributed by atoms with van der Waals surface area (Å²) in [5, 5.41) is 8.47. The van der Waals surface area contributed by atoms with Crippen molar-refractivity contribution in [2.24, 2.45) is 0 Å². The highest BCUT2D eigenvalue weighted by molar-refractivity contribution is 7.92. The summed E-state index contributed by atoms with van der Waals surface area (Å²) in [6.45, 7) is 5.32. The second-order valence-electron chi connectivity index (χ2n) is 4.27. The molecule has 0 atom stereocenters. The molecule has 0 aromatic heterocycles. The van der Waals surface area contributed by atoms with Gasteiger partial charge in [-0.1, -0.05) is 19.9 Å². The minimum atomic E-state index is -3.45. The Morgan fingerprint density at radius 1 is 1.28 bits per heavy atom. The summed E-state index contributed by atoms with van der Waals surface area (Å²) in [7, 11) is -3.45.